The first-order chi connectivity index (χ1) is 12.4. The van der Waals surface area contributed by atoms with Gasteiger partial charge in [0.25, 0.3) is 5.91 Å². The molecule has 2 aromatic carbocycles. The second kappa shape index (κ2) is 9.24. The van der Waals surface area contributed by atoms with Crippen LogP contribution in [0.25, 0.3) is 0 Å². The molecule has 0 heterocycles. The van der Waals surface area contributed by atoms with Gasteiger partial charge in [0.15, 0.2) is 6.61 Å². The number of benzene rings is 2. The van der Waals surface area contributed by atoms with Gasteiger partial charge in [-0.05, 0) is 42.7 Å². The molecule has 26 heavy (non-hydrogen) atoms. The van der Waals surface area contributed by atoms with Crippen LogP contribution in [0.3, 0.4) is 0 Å². The molecular formula is C19H24N2O4S. The summed E-state index contributed by atoms with van der Waals surface area (Å²) in [5.41, 5.74) is 1.78. The predicted molar refractivity (Wildman–Crippen MR) is 103 cm³/mol. The molecule has 140 valence electrons. The maximum atomic E-state index is 11.8. The molecule has 0 unspecified atom stereocenters. The summed E-state index contributed by atoms with van der Waals surface area (Å²) in [4.78, 5) is 11.8. The highest BCUT2D eigenvalue weighted by atomic mass is 32.2. The van der Waals surface area contributed by atoms with E-state index in [4.69, 9.17) is 4.74 Å². The summed E-state index contributed by atoms with van der Waals surface area (Å²) in [5.74, 6) is 0.325. The minimum atomic E-state index is -3.30. The Kier molecular flexibility index (Phi) is 7.03. The van der Waals surface area contributed by atoms with Crippen LogP contribution in [-0.4, -0.2) is 40.8 Å². The summed E-state index contributed by atoms with van der Waals surface area (Å²) < 4.78 is 29.6. The number of hydrogen-bond acceptors (Lipinski definition) is 4. The summed E-state index contributed by atoms with van der Waals surface area (Å²) in [6.07, 6.45) is 2.92. The molecule has 0 radical (unpaired) electrons. The molecule has 2 rings (SSSR count). The van der Waals surface area contributed by atoms with Gasteiger partial charge in [0.2, 0.25) is 10.0 Å². The van der Waals surface area contributed by atoms with Crippen molar-refractivity contribution < 1.29 is 17.9 Å². The Labute approximate surface area is 154 Å². The van der Waals surface area contributed by atoms with Crippen LogP contribution in [-0.2, 0) is 21.2 Å². The fraction of sp³-hybridized carbons (Fsp3) is 0.316. The van der Waals surface area contributed by atoms with Crippen molar-refractivity contribution in [3.63, 3.8) is 0 Å². The Bertz CT molecular complexity index is 805. The summed E-state index contributed by atoms with van der Waals surface area (Å²) in [7, 11) is -1.82. The lowest BCUT2D eigenvalue weighted by atomic mass is 10.1. The summed E-state index contributed by atoms with van der Waals surface area (Å²) >= 11 is 0. The monoisotopic (exact) mass is 376 g/mol. The van der Waals surface area contributed by atoms with Gasteiger partial charge in [-0.25, -0.2) is 8.42 Å². The van der Waals surface area contributed by atoms with Crippen LogP contribution in [0.1, 0.15) is 12.0 Å². The molecule has 0 saturated heterocycles. The fourth-order valence-corrected chi connectivity index (χ4v) is 2.81. The topological polar surface area (TPSA) is 75.7 Å². The molecule has 0 aromatic heterocycles. The Morgan fingerprint density at radius 3 is 2.35 bits per heavy atom. The van der Waals surface area contributed by atoms with E-state index in [0.717, 1.165) is 19.1 Å². The lowest BCUT2D eigenvalue weighted by Gasteiger charge is -2.16. The third kappa shape index (κ3) is 6.40. The van der Waals surface area contributed by atoms with E-state index in [2.05, 4.69) is 17.4 Å². The Balaban J connectivity index is 1.70. The van der Waals surface area contributed by atoms with Crippen LogP contribution < -0.4 is 14.4 Å². The normalized spacial score (nSPS) is 11.0. The van der Waals surface area contributed by atoms with Gasteiger partial charge in [0, 0.05) is 13.6 Å². The molecule has 0 saturated carbocycles. The number of rotatable bonds is 9. The van der Waals surface area contributed by atoms with Crippen molar-refractivity contribution >= 4 is 21.6 Å². The van der Waals surface area contributed by atoms with Gasteiger partial charge in [-0.1, -0.05) is 30.3 Å². The van der Waals surface area contributed by atoms with Gasteiger partial charge < -0.3 is 10.1 Å². The number of aryl methyl sites for hydroxylation is 1. The Morgan fingerprint density at radius 1 is 1.08 bits per heavy atom. The number of carbonyl (C=O) groups excluding carboxylic acids is 1. The average molecular weight is 376 g/mol. The zero-order valence-corrected chi connectivity index (χ0v) is 15.8. The highest BCUT2D eigenvalue weighted by Gasteiger charge is 2.11. The Hall–Kier alpha value is -2.54. The van der Waals surface area contributed by atoms with E-state index >= 15 is 0 Å². The number of nitrogens with one attached hydrogen (secondary N) is 1. The van der Waals surface area contributed by atoms with Crippen LogP contribution in [0.5, 0.6) is 5.75 Å². The van der Waals surface area contributed by atoms with Gasteiger partial charge in [-0.3, -0.25) is 9.10 Å². The van der Waals surface area contributed by atoms with Gasteiger partial charge in [0.1, 0.15) is 5.75 Å². The fourth-order valence-electron chi connectivity index (χ4n) is 2.31. The minimum Gasteiger partial charge on any atom is -0.484 e. The zero-order chi connectivity index (χ0) is 19.0. The van der Waals surface area contributed by atoms with Crippen molar-refractivity contribution in [3.05, 3.63) is 60.2 Å². The third-order valence-corrected chi connectivity index (χ3v) is 5.08. The van der Waals surface area contributed by atoms with E-state index in [-0.39, 0.29) is 12.5 Å². The standard InChI is InChI=1S/C19H24N2O4S/c1-21(26(2,23)24)17-10-12-18(13-11-17)25-15-19(22)20-14-6-9-16-7-4-3-5-8-16/h3-5,7-8,10-13H,6,9,14-15H2,1-2H3,(H,20,22). The number of anilines is 1. The third-order valence-electron chi connectivity index (χ3n) is 3.87. The number of ether oxygens (including phenoxy) is 1. The van der Waals surface area contributed by atoms with Crippen LogP contribution in [0, 0.1) is 0 Å². The molecule has 0 spiro atoms. The van der Waals surface area contributed by atoms with Crippen molar-refractivity contribution in [1.82, 2.24) is 5.32 Å². The summed E-state index contributed by atoms with van der Waals surface area (Å²) in [6.45, 7) is 0.516. The number of hydrogen-bond donors (Lipinski definition) is 1. The maximum absolute atomic E-state index is 11.8. The second-order valence-electron chi connectivity index (χ2n) is 5.95. The van der Waals surface area contributed by atoms with E-state index in [0.29, 0.717) is 18.0 Å². The number of amides is 1. The van der Waals surface area contributed by atoms with Crippen molar-refractivity contribution in [2.75, 3.05) is 30.8 Å². The van der Waals surface area contributed by atoms with E-state index in [1.54, 1.807) is 24.3 Å². The molecule has 0 aliphatic carbocycles. The smallest absolute Gasteiger partial charge is 0.257 e. The Morgan fingerprint density at radius 2 is 1.73 bits per heavy atom. The van der Waals surface area contributed by atoms with Crippen LogP contribution in [0.4, 0.5) is 5.69 Å². The highest BCUT2D eigenvalue weighted by molar-refractivity contribution is 7.92. The van der Waals surface area contributed by atoms with Gasteiger partial charge >= 0.3 is 0 Å². The van der Waals surface area contributed by atoms with E-state index in [1.165, 1.54) is 16.9 Å². The minimum absolute atomic E-state index is 0.0768. The molecule has 0 bridgehead atoms. The molecule has 2 aromatic rings. The van der Waals surface area contributed by atoms with Crippen LogP contribution in [0.15, 0.2) is 54.6 Å². The quantitative estimate of drug-likeness (QED) is 0.681. The van der Waals surface area contributed by atoms with Crippen molar-refractivity contribution in [2.45, 2.75) is 12.8 Å². The van der Waals surface area contributed by atoms with E-state index < -0.39 is 10.0 Å². The molecule has 6 nitrogen and oxygen atoms in total. The lowest BCUT2D eigenvalue weighted by molar-refractivity contribution is -0.123. The van der Waals surface area contributed by atoms with Crippen molar-refractivity contribution in [2.24, 2.45) is 0 Å². The van der Waals surface area contributed by atoms with Crippen molar-refractivity contribution in [3.8, 4) is 5.75 Å². The molecular weight excluding hydrogens is 352 g/mol. The first-order valence-corrected chi connectivity index (χ1v) is 10.2. The lowest BCUT2D eigenvalue weighted by Crippen LogP contribution is -2.30. The molecule has 1 N–H and O–H groups in total. The van der Waals surface area contributed by atoms with Gasteiger partial charge in [0.05, 0.1) is 11.9 Å². The molecule has 7 heteroatoms. The summed E-state index contributed by atoms with van der Waals surface area (Å²) in [5, 5.41) is 2.82. The SMILES string of the molecule is CN(c1ccc(OCC(=O)NCCCc2ccccc2)cc1)S(C)(=O)=O. The number of carbonyl (C=O) groups is 1. The van der Waals surface area contributed by atoms with Crippen LogP contribution >= 0.6 is 0 Å². The maximum Gasteiger partial charge on any atom is 0.257 e. The zero-order valence-electron chi connectivity index (χ0n) is 15.0. The highest BCUT2D eigenvalue weighted by Crippen LogP contribution is 2.20. The first kappa shape index (κ1) is 19.8. The molecule has 0 fully saturated rings. The first-order valence-electron chi connectivity index (χ1n) is 8.33. The van der Waals surface area contributed by atoms with Gasteiger partial charge in [-0.15, -0.1) is 0 Å². The van der Waals surface area contributed by atoms with E-state index in [1.807, 2.05) is 18.2 Å². The summed E-state index contributed by atoms with van der Waals surface area (Å²) in [6, 6.07) is 16.7. The molecule has 1 amide bonds. The molecule has 0 atom stereocenters. The van der Waals surface area contributed by atoms with Crippen LogP contribution in [0.2, 0.25) is 0 Å². The largest absolute Gasteiger partial charge is 0.484 e. The number of sulfonamides is 1. The average Bonchev–Trinajstić information content (AvgIpc) is 2.63. The van der Waals surface area contributed by atoms with Crippen molar-refractivity contribution in [1.29, 1.82) is 0 Å². The predicted octanol–water partition coefficient (Wildman–Crippen LogP) is 2.21. The second-order valence-corrected chi connectivity index (χ2v) is 7.97. The van der Waals surface area contributed by atoms with Gasteiger partial charge in [-0.2, -0.15) is 0 Å². The van der Waals surface area contributed by atoms with E-state index in [9.17, 15) is 13.2 Å². The molecule has 0 aliphatic rings. The molecule has 0 aliphatic heterocycles. The number of nitrogens with zero attached hydrogens (tertiary/aromatic N) is 1.